The van der Waals surface area contributed by atoms with Gasteiger partial charge in [-0.15, -0.1) is 0 Å². The average Bonchev–Trinajstić information content (AvgIpc) is 2.82. The van der Waals surface area contributed by atoms with Gasteiger partial charge in [0.25, 0.3) is 0 Å². The van der Waals surface area contributed by atoms with Crippen molar-refractivity contribution < 1.29 is 4.74 Å². The van der Waals surface area contributed by atoms with E-state index in [2.05, 4.69) is 42.6 Å². The number of aromatic nitrogens is 2. The Morgan fingerprint density at radius 3 is 2.50 bits per heavy atom. The van der Waals surface area contributed by atoms with E-state index in [-0.39, 0.29) is 0 Å². The van der Waals surface area contributed by atoms with Crippen molar-refractivity contribution in [2.45, 2.75) is 40.4 Å². The molecule has 0 atom stereocenters. The standard InChI is InChI=1S/C16H23N3O/c1-4-19-12-15(13(3)18-19)11-17-10-14-6-8-16(9-7-14)20-5-2/h6-9,12,17H,4-5,10-11H2,1-3H3. The fraction of sp³-hybridized carbons (Fsp3) is 0.438. The minimum atomic E-state index is 0.707. The lowest BCUT2D eigenvalue weighted by atomic mass is 10.2. The van der Waals surface area contributed by atoms with Crippen molar-refractivity contribution in [2.24, 2.45) is 0 Å². The molecule has 0 amide bonds. The SMILES string of the molecule is CCOc1ccc(CNCc2cn(CC)nc2C)cc1. The summed E-state index contributed by atoms with van der Waals surface area (Å²) < 4.78 is 7.41. The van der Waals surface area contributed by atoms with E-state index in [1.807, 2.05) is 23.7 Å². The second-order valence-corrected chi connectivity index (χ2v) is 4.78. The number of nitrogens with zero attached hydrogens (tertiary/aromatic N) is 2. The maximum atomic E-state index is 5.43. The van der Waals surface area contributed by atoms with Gasteiger partial charge in [-0.1, -0.05) is 12.1 Å². The largest absolute Gasteiger partial charge is 0.494 e. The highest BCUT2D eigenvalue weighted by Crippen LogP contribution is 2.12. The van der Waals surface area contributed by atoms with E-state index in [1.165, 1.54) is 11.1 Å². The van der Waals surface area contributed by atoms with Crippen LogP contribution in [0, 0.1) is 6.92 Å². The van der Waals surface area contributed by atoms with Crippen LogP contribution in [0.4, 0.5) is 0 Å². The van der Waals surface area contributed by atoms with Gasteiger partial charge < -0.3 is 10.1 Å². The Bertz CT molecular complexity index is 531. The van der Waals surface area contributed by atoms with Crippen LogP contribution >= 0.6 is 0 Å². The summed E-state index contributed by atoms with van der Waals surface area (Å²) >= 11 is 0. The first kappa shape index (κ1) is 14.6. The van der Waals surface area contributed by atoms with E-state index < -0.39 is 0 Å². The van der Waals surface area contributed by atoms with Crippen LogP contribution in [-0.4, -0.2) is 16.4 Å². The average molecular weight is 273 g/mol. The van der Waals surface area contributed by atoms with Gasteiger partial charge in [0.15, 0.2) is 0 Å². The minimum absolute atomic E-state index is 0.707. The summed E-state index contributed by atoms with van der Waals surface area (Å²) in [4.78, 5) is 0. The van der Waals surface area contributed by atoms with E-state index in [0.717, 1.165) is 31.1 Å². The van der Waals surface area contributed by atoms with Crippen molar-refractivity contribution in [1.82, 2.24) is 15.1 Å². The van der Waals surface area contributed by atoms with Crippen molar-refractivity contribution in [3.05, 3.63) is 47.3 Å². The Morgan fingerprint density at radius 1 is 1.15 bits per heavy atom. The van der Waals surface area contributed by atoms with E-state index in [4.69, 9.17) is 4.74 Å². The Balaban J connectivity index is 1.84. The van der Waals surface area contributed by atoms with Gasteiger partial charge in [0.1, 0.15) is 5.75 Å². The summed E-state index contributed by atoms with van der Waals surface area (Å²) in [5.74, 6) is 0.927. The molecule has 1 heterocycles. The highest BCUT2D eigenvalue weighted by molar-refractivity contribution is 5.27. The first-order valence-corrected chi connectivity index (χ1v) is 7.18. The van der Waals surface area contributed by atoms with E-state index >= 15 is 0 Å². The quantitative estimate of drug-likeness (QED) is 0.843. The van der Waals surface area contributed by atoms with Crippen LogP contribution in [-0.2, 0) is 19.6 Å². The van der Waals surface area contributed by atoms with Crippen LogP contribution in [0.25, 0.3) is 0 Å². The molecule has 0 aliphatic rings. The molecule has 0 saturated heterocycles. The molecule has 0 fully saturated rings. The highest BCUT2D eigenvalue weighted by atomic mass is 16.5. The molecule has 0 saturated carbocycles. The Hall–Kier alpha value is -1.81. The monoisotopic (exact) mass is 273 g/mol. The van der Waals surface area contributed by atoms with Gasteiger partial charge >= 0.3 is 0 Å². The first-order valence-electron chi connectivity index (χ1n) is 7.18. The molecule has 0 bridgehead atoms. The maximum absolute atomic E-state index is 5.43. The molecule has 1 aromatic heterocycles. The maximum Gasteiger partial charge on any atom is 0.119 e. The predicted octanol–water partition coefficient (Wildman–Crippen LogP) is 2.90. The van der Waals surface area contributed by atoms with Gasteiger partial charge in [-0.25, -0.2) is 0 Å². The highest BCUT2D eigenvalue weighted by Gasteiger charge is 2.03. The Kier molecular flexibility index (Phi) is 5.18. The lowest BCUT2D eigenvalue weighted by Crippen LogP contribution is -2.12. The fourth-order valence-corrected chi connectivity index (χ4v) is 2.11. The molecule has 0 aliphatic carbocycles. The van der Waals surface area contributed by atoms with Gasteiger partial charge in [-0.3, -0.25) is 4.68 Å². The van der Waals surface area contributed by atoms with Crippen molar-refractivity contribution in [1.29, 1.82) is 0 Å². The summed E-state index contributed by atoms with van der Waals surface area (Å²) in [7, 11) is 0. The van der Waals surface area contributed by atoms with Gasteiger partial charge in [-0.2, -0.15) is 5.10 Å². The second-order valence-electron chi connectivity index (χ2n) is 4.78. The van der Waals surface area contributed by atoms with Crippen LogP contribution in [0.5, 0.6) is 5.75 Å². The molecule has 4 nitrogen and oxygen atoms in total. The zero-order valence-electron chi connectivity index (χ0n) is 12.5. The van der Waals surface area contributed by atoms with E-state index in [9.17, 15) is 0 Å². The van der Waals surface area contributed by atoms with Crippen molar-refractivity contribution in [3.63, 3.8) is 0 Å². The van der Waals surface area contributed by atoms with E-state index in [1.54, 1.807) is 0 Å². The summed E-state index contributed by atoms with van der Waals surface area (Å²) in [6, 6.07) is 8.22. The Labute approximate surface area is 120 Å². The molecule has 20 heavy (non-hydrogen) atoms. The van der Waals surface area contributed by atoms with Crippen LogP contribution in [0.1, 0.15) is 30.7 Å². The third-order valence-corrected chi connectivity index (χ3v) is 3.25. The van der Waals surface area contributed by atoms with Gasteiger partial charge in [0.05, 0.1) is 12.3 Å². The molecule has 0 spiro atoms. The number of aryl methyl sites for hydroxylation is 2. The third kappa shape index (κ3) is 3.84. The summed E-state index contributed by atoms with van der Waals surface area (Å²) in [5, 5.41) is 7.90. The number of nitrogens with one attached hydrogen (secondary N) is 1. The predicted molar refractivity (Wildman–Crippen MR) is 80.8 cm³/mol. The molecule has 0 unspecified atom stereocenters. The lowest BCUT2D eigenvalue weighted by Gasteiger charge is -2.06. The molecule has 4 heteroatoms. The molecule has 2 aromatic rings. The van der Waals surface area contributed by atoms with E-state index in [0.29, 0.717) is 6.61 Å². The molecule has 1 aromatic carbocycles. The zero-order chi connectivity index (χ0) is 14.4. The van der Waals surface area contributed by atoms with Crippen LogP contribution < -0.4 is 10.1 Å². The van der Waals surface area contributed by atoms with Crippen molar-refractivity contribution >= 4 is 0 Å². The van der Waals surface area contributed by atoms with Crippen molar-refractivity contribution in [2.75, 3.05) is 6.61 Å². The summed E-state index contributed by atoms with van der Waals surface area (Å²) in [5.41, 5.74) is 3.62. The topological polar surface area (TPSA) is 39.1 Å². The number of ether oxygens (including phenoxy) is 1. The molecular weight excluding hydrogens is 250 g/mol. The first-order chi connectivity index (χ1) is 9.72. The number of hydrogen-bond acceptors (Lipinski definition) is 3. The zero-order valence-corrected chi connectivity index (χ0v) is 12.5. The minimum Gasteiger partial charge on any atom is -0.494 e. The normalized spacial score (nSPS) is 10.8. The van der Waals surface area contributed by atoms with Crippen LogP contribution in [0.15, 0.2) is 30.5 Å². The smallest absolute Gasteiger partial charge is 0.119 e. The van der Waals surface area contributed by atoms with Crippen LogP contribution in [0.3, 0.4) is 0 Å². The number of rotatable bonds is 7. The lowest BCUT2D eigenvalue weighted by molar-refractivity contribution is 0.340. The fourth-order valence-electron chi connectivity index (χ4n) is 2.11. The molecule has 1 N–H and O–H groups in total. The summed E-state index contributed by atoms with van der Waals surface area (Å²) in [6.07, 6.45) is 2.11. The second kappa shape index (κ2) is 7.10. The molecular formula is C16H23N3O. The van der Waals surface area contributed by atoms with Crippen LogP contribution in [0.2, 0.25) is 0 Å². The summed E-state index contributed by atoms with van der Waals surface area (Å²) in [6.45, 7) is 9.47. The molecule has 0 radical (unpaired) electrons. The van der Waals surface area contributed by atoms with Crippen molar-refractivity contribution in [3.8, 4) is 5.75 Å². The third-order valence-electron chi connectivity index (χ3n) is 3.25. The molecule has 108 valence electrons. The number of benzene rings is 1. The van der Waals surface area contributed by atoms with Gasteiger partial charge in [0, 0.05) is 31.4 Å². The molecule has 0 aliphatic heterocycles. The number of hydrogen-bond donors (Lipinski definition) is 1. The Morgan fingerprint density at radius 2 is 1.90 bits per heavy atom. The van der Waals surface area contributed by atoms with Gasteiger partial charge in [-0.05, 0) is 38.5 Å². The van der Waals surface area contributed by atoms with Gasteiger partial charge in [0.2, 0.25) is 0 Å². The molecule has 2 rings (SSSR count).